The quantitative estimate of drug-likeness (QED) is 0.887. The van der Waals surface area contributed by atoms with Crippen LogP contribution in [0, 0.1) is 0 Å². The van der Waals surface area contributed by atoms with Gasteiger partial charge in [-0.1, -0.05) is 35.8 Å². The minimum atomic E-state index is 0.451. The molecule has 19 heavy (non-hydrogen) atoms. The first-order chi connectivity index (χ1) is 9.05. The Morgan fingerprint density at radius 1 is 1.37 bits per heavy atom. The highest BCUT2D eigenvalue weighted by molar-refractivity contribution is 9.10. The molecule has 0 bridgehead atoms. The first kappa shape index (κ1) is 15.2. The van der Waals surface area contributed by atoms with Gasteiger partial charge in [0.15, 0.2) is 0 Å². The average Bonchev–Trinajstić information content (AvgIpc) is 2.51. The van der Waals surface area contributed by atoms with Crippen LogP contribution >= 0.6 is 27.7 Å². The molecule has 4 heteroatoms. The number of thioether (sulfide) groups is 1. The van der Waals surface area contributed by atoms with Gasteiger partial charge in [-0.3, -0.25) is 0 Å². The summed E-state index contributed by atoms with van der Waals surface area (Å²) in [4.78, 5) is 2.58. The Morgan fingerprint density at radius 3 is 3.00 bits per heavy atom. The Morgan fingerprint density at radius 2 is 2.21 bits per heavy atom. The molecule has 1 saturated heterocycles. The molecule has 0 aromatic heterocycles. The van der Waals surface area contributed by atoms with E-state index in [-0.39, 0.29) is 0 Å². The van der Waals surface area contributed by atoms with Gasteiger partial charge < -0.3 is 10.2 Å². The minimum absolute atomic E-state index is 0.451. The van der Waals surface area contributed by atoms with E-state index in [0.29, 0.717) is 4.75 Å². The third kappa shape index (κ3) is 5.36. The van der Waals surface area contributed by atoms with Crippen molar-refractivity contribution in [2.24, 2.45) is 0 Å². The van der Waals surface area contributed by atoms with Crippen molar-refractivity contribution in [3.05, 3.63) is 28.7 Å². The highest BCUT2D eigenvalue weighted by Gasteiger charge is 2.23. The van der Waals surface area contributed by atoms with Crippen molar-refractivity contribution < 1.29 is 0 Å². The second-order valence-corrected chi connectivity index (χ2v) is 8.35. The average molecular weight is 343 g/mol. The number of nitrogens with one attached hydrogen (secondary N) is 1. The summed E-state index contributed by atoms with van der Waals surface area (Å²) in [5, 5.41) is 3.50. The monoisotopic (exact) mass is 342 g/mol. The van der Waals surface area contributed by atoms with Gasteiger partial charge in [0.25, 0.3) is 0 Å². The van der Waals surface area contributed by atoms with Crippen LogP contribution in [0.4, 0.5) is 5.69 Å². The van der Waals surface area contributed by atoms with Crippen LogP contribution in [-0.4, -0.2) is 41.6 Å². The number of nitrogens with zero attached hydrogens (tertiary/aromatic N) is 1. The summed E-state index contributed by atoms with van der Waals surface area (Å²) in [6, 6.07) is 8.37. The van der Waals surface area contributed by atoms with Crippen molar-refractivity contribution >= 4 is 33.4 Å². The molecule has 1 aliphatic rings. The van der Waals surface area contributed by atoms with Crippen molar-refractivity contribution in [1.82, 2.24) is 4.90 Å². The SMILES string of the molecule is CC1(C)CCN(CCNc2cccc(Br)c2)CCS1. The maximum Gasteiger partial charge on any atom is 0.0351 e. The Hall–Kier alpha value is -0.190. The van der Waals surface area contributed by atoms with E-state index in [4.69, 9.17) is 0 Å². The van der Waals surface area contributed by atoms with Gasteiger partial charge in [-0.25, -0.2) is 0 Å². The third-order valence-electron chi connectivity index (χ3n) is 3.51. The lowest BCUT2D eigenvalue weighted by Crippen LogP contribution is -2.31. The zero-order chi connectivity index (χ0) is 13.7. The molecule has 2 rings (SSSR count). The maximum atomic E-state index is 3.50. The lowest BCUT2D eigenvalue weighted by atomic mass is 10.1. The zero-order valence-electron chi connectivity index (χ0n) is 11.8. The van der Waals surface area contributed by atoms with Crippen LogP contribution in [-0.2, 0) is 0 Å². The standard InChI is InChI=1S/C15H23BrN2S/c1-15(2)6-8-18(10-11-19-15)9-7-17-14-5-3-4-13(16)12-14/h3-5,12,17H,6-11H2,1-2H3. The molecule has 1 aromatic carbocycles. The maximum absolute atomic E-state index is 3.50. The summed E-state index contributed by atoms with van der Waals surface area (Å²) in [5.74, 6) is 1.25. The van der Waals surface area contributed by atoms with Gasteiger partial charge in [-0.2, -0.15) is 11.8 Å². The Labute approximate surface area is 129 Å². The molecule has 0 radical (unpaired) electrons. The Bertz CT molecular complexity index is 409. The molecule has 2 nitrogen and oxygen atoms in total. The van der Waals surface area contributed by atoms with Gasteiger partial charge in [0.1, 0.15) is 0 Å². The fourth-order valence-corrected chi connectivity index (χ4v) is 3.78. The first-order valence-corrected chi connectivity index (χ1v) is 8.69. The fourth-order valence-electron chi connectivity index (χ4n) is 2.24. The number of rotatable bonds is 4. The lowest BCUT2D eigenvalue weighted by Gasteiger charge is -2.22. The summed E-state index contributed by atoms with van der Waals surface area (Å²) in [7, 11) is 0. The molecule has 1 aromatic rings. The van der Waals surface area contributed by atoms with Crippen LogP contribution in [0.25, 0.3) is 0 Å². The Kier molecular flexibility index (Phi) is 5.60. The molecule has 1 N–H and O–H groups in total. The zero-order valence-corrected chi connectivity index (χ0v) is 14.2. The van der Waals surface area contributed by atoms with Gasteiger partial charge in [-0.05, 0) is 31.2 Å². The molecule has 0 spiro atoms. The third-order valence-corrected chi connectivity index (χ3v) is 5.38. The predicted molar refractivity (Wildman–Crippen MR) is 90.2 cm³/mol. The van der Waals surface area contributed by atoms with E-state index in [1.54, 1.807) is 0 Å². The Balaban J connectivity index is 1.74. The predicted octanol–water partition coefficient (Wildman–Crippen LogP) is 4.08. The molecular formula is C15H23BrN2S. The van der Waals surface area contributed by atoms with E-state index < -0.39 is 0 Å². The van der Waals surface area contributed by atoms with E-state index in [0.717, 1.165) is 17.6 Å². The van der Waals surface area contributed by atoms with Crippen LogP contribution < -0.4 is 5.32 Å². The van der Waals surface area contributed by atoms with Gasteiger partial charge in [0, 0.05) is 40.3 Å². The normalized spacial score (nSPS) is 19.9. The van der Waals surface area contributed by atoms with Crippen molar-refractivity contribution in [1.29, 1.82) is 0 Å². The van der Waals surface area contributed by atoms with E-state index in [1.807, 2.05) is 0 Å². The molecule has 1 aliphatic heterocycles. The van der Waals surface area contributed by atoms with E-state index >= 15 is 0 Å². The number of hydrogen-bond donors (Lipinski definition) is 1. The number of benzene rings is 1. The van der Waals surface area contributed by atoms with Crippen molar-refractivity contribution in [3.8, 4) is 0 Å². The number of hydrogen-bond acceptors (Lipinski definition) is 3. The van der Waals surface area contributed by atoms with Gasteiger partial charge >= 0.3 is 0 Å². The second kappa shape index (κ2) is 7.00. The van der Waals surface area contributed by atoms with E-state index in [2.05, 4.69) is 76.0 Å². The van der Waals surface area contributed by atoms with Gasteiger partial charge in [0.2, 0.25) is 0 Å². The van der Waals surface area contributed by atoms with Crippen LogP contribution in [0.3, 0.4) is 0 Å². The molecular weight excluding hydrogens is 320 g/mol. The highest BCUT2D eigenvalue weighted by atomic mass is 79.9. The second-order valence-electron chi connectivity index (χ2n) is 5.64. The fraction of sp³-hybridized carbons (Fsp3) is 0.600. The van der Waals surface area contributed by atoms with Crippen molar-refractivity contribution in [2.75, 3.05) is 37.2 Å². The number of anilines is 1. The summed E-state index contributed by atoms with van der Waals surface area (Å²) >= 11 is 5.61. The van der Waals surface area contributed by atoms with Gasteiger partial charge in [-0.15, -0.1) is 0 Å². The van der Waals surface area contributed by atoms with E-state index in [1.165, 1.54) is 31.0 Å². The summed E-state index contributed by atoms with van der Waals surface area (Å²) in [5.41, 5.74) is 1.19. The van der Waals surface area contributed by atoms with E-state index in [9.17, 15) is 0 Å². The molecule has 0 amide bonds. The largest absolute Gasteiger partial charge is 0.384 e. The van der Waals surface area contributed by atoms with Crippen LogP contribution in [0.2, 0.25) is 0 Å². The molecule has 1 heterocycles. The molecule has 0 atom stereocenters. The minimum Gasteiger partial charge on any atom is -0.384 e. The summed E-state index contributed by atoms with van der Waals surface area (Å²) in [6.45, 7) is 9.31. The number of halogens is 1. The van der Waals surface area contributed by atoms with Crippen molar-refractivity contribution in [2.45, 2.75) is 25.0 Å². The highest BCUT2D eigenvalue weighted by Crippen LogP contribution is 2.30. The van der Waals surface area contributed by atoms with Crippen LogP contribution in [0.15, 0.2) is 28.7 Å². The van der Waals surface area contributed by atoms with Crippen LogP contribution in [0.1, 0.15) is 20.3 Å². The lowest BCUT2D eigenvalue weighted by molar-refractivity contribution is 0.295. The van der Waals surface area contributed by atoms with Crippen LogP contribution in [0.5, 0.6) is 0 Å². The topological polar surface area (TPSA) is 15.3 Å². The first-order valence-electron chi connectivity index (χ1n) is 6.91. The van der Waals surface area contributed by atoms with Gasteiger partial charge in [0.05, 0.1) is 0 Å². The molecule has 0 saturated carbocycles. The smallest absolute Gasteiger partial charge is 0.0351 e. The van der Waals surface area contributed by atoms with Crippen molar-refractivity contribution in [3.63, 3.8) is 0 Å². The molecule has 0 aliphatic carbocycles. The summed E-state index contributed by atoms with van der Waals surface area (Å²) < 4.78 is 1.58. The molecule has 0 unspecified atom stereocenters. The molecule has 1 fully saturated rings. The summed E-state index contributed by atoms with van der Waals surface area (Å²) in [6.07, 6.45) is 1.29. The molecule has 106 valence electrons.